The summed E-state index contributed by atoms with van der Waals surface area (Å²) in [6.45, 7) is 6.64. The number of hydrogen-bond acceptors (Lipinski definition) is 2. The molecule has 0 aromatic heterocycles. The minimum atomic E-state index is 0.573. The second kappa shape index (κ2) is 5.71. The zero-order valence-corrected chi connectivity index (χ0v) is 11.6. The molecule has 1 atom stereocenters. The van der Waals surface area contributed by atoms with Crippen LogP contribution in [0.4, 0.5) is 0 Å². The summed E-state index contributed by atoms with van der Waals surface area (Å²) in [6, 6.07) is 5.72. The van der Waals surface area contributed by atoms with Crippen LogP contribution in [0.3, 0.4) is 0 Å². The van der Waals surface area contributed by atoms with Crippen LogP contribution in [0.15, 0.2) is 27.6 Å². The van der Waals surface area contributed by atoms with Crippen molar-refractivity contribution in [3.8, 4) is 0 Å². The Morgan fingerprint density at radius 2 is 2.00 bits per heavy atom. The van der Waals surface area contributed by atoms with Crippen LogP contribution in [0.5, 0.6) is 0 Å². The second-order valence-corrected chi connectivity index (χ2v) is 6.15. The molecule has 0 aliphatic carbocycles. The Hall–Kier alpha value is -0.280. The predicted molar refractivity (Wildman–Crippen MR) is 69.7 cm³/mol. The van der Waals surface area contributed by atoms with Crippen LogP contribution in [-0.2, 0) is 0 Å². The van der Waals surface area contributed by atoms with Crippen molar-refractivity contribution in [1.82, 2.24) is 0 Å². The van der Waals surface area contributed by atoms with Crippen LogP contribution < -0.4 is 0 Å². The summed E-state index contributed by atoms with van der Waals surface area (Å²) in [5.74, 6) is 0.646. The van der Waals surface area contributed by atoms with Gasteiger partial charge in [0.05, 0.1) is 0 Å². The standard InChI is InChI=1S/C12H15BrOS/c1-8(2)9(3)15-12-5-4-10(7-14)6-11(12)13/h4-9H,1-3H3. The number of hydrogen-bond donors (Lipinski definition) is 0. The fourth-order valence-electron chi connectivity index (χ4n) is 1.02. The zero-order valence-electron chi connectivity index (χ0n) is 9.16. The molecular weight excluding hydrogens is 272 g/mol. The van der Waals surface area contributed by atoms with Crippen LogP contribution in [0.1, 0.15) is 31.1 Å². The molecule has 1 unspecified atom stereocenters. The summed E-state index contributed by atoms with van der Waals surface area (Å²) >= 11 is 5.32. The van der Waals surface area contributed by atoms with Gasteiger partial charge >= 0.3 is 0 Å². The SMILES string of the molecule is CC(C)C(C)Sc1ccc(C=O)cc1Br. The normalized spacial score (nSPS) is 12.9. The number of thioether (sulfide) groups is 1. The van der Waals surface area contributed by atoms with E-state index in [0.29, 0.717) is 16.7 Å². The average molecular weight is 287 g/mol. The summed E-state index contributed by atoms with van der Waals surface area (Å²) in [5, 5.41) is 0.573. The Labute approximate surface area is 104 Å². The van der Waals surface area contributed by atoms with Crippen LogP contribution >= 0.6 is 27.7 Å². The van der Waals surface area contributed by atoms with Gasteiger partial charge in [0, 0.05) is 20.2 Å². The number of rotatable bonds is 4. The van der Waals surface area contributed by atoms with Gasteiger partial charge in [-0.25, -0.2) is 0 Å². The molecule has 0 bridgehead atoms. The number of benzene rings is 1. The minimum Gasteiger partial charge on any atom is -0.298 e. The zero-order chi connectivity index (χ0) is 11.4. The fourth-order valence-corrected chi connectivity index (χ4v) is 2.69. The largest absolute Gasteiger partial charge is 0.298 e. The van der Waals surface area contributed by atoms with Crippen molar-refractivity contribution in [2.45, 2.75) is 30.9 Å². The highest BCUT2D eigenvalue weighted by Crippen LogP contribution is 2.33. The number of carbonyl (C=O) groups excluding carboxylic acids is 1. The lowest BCUT2D eigenvalue weighted by atomic mass is 10.2. The molecule has 0 saturated carbocycles. The molecule has 1 aromatic carbocycles. The molecule has 0 amide bonds. The molecule has 0 spiro atoms. The Balaban J connectivity index is 2.82. The number of aldehydes is 1. The summed E-state index contributed by atoms with van der Waals surface area (Å²) in [4.78, 5) is 11.8. The predicted octanol–water partition coefficient (Wildman–Crippen LogP) is 4.40. The summed E-state index contributed by atoms with van der Waals surface area (Å²) < 4.78 is 1.00. The maximum atomic E-state index is 10.6. The molecular formula is C12H15BrOS. The van der Waals surface area contributed by atoms with Crippen LogP contribution in [0.2, 0.25) is 0 Å². The molecule has 1 nitrogen and oxygen atoms in total. The lowest BCUT2D eigenvalue weighted by molar-refractivity contribution is 0.112. The number of halogens is 1. The molecule has 82 valence electrons. The van der Waals surface area contributed by atoms with Gasteiger partial charge in [-0.1, -0.05) is 26.8 Å². The van der Waals surface area contributed by atoms with Gasteiger partial charge in [-0.2, -0.15) is 0 Å². The smallest absolute Gasteiger partial charge is 0.150 e. The van der Waals surface area contributed by atoms with Gasteiger partial charge < -0.3 is 0 Å². The molecule has 0 saturated heterocycles. The summed E-state index contributed by atoms with van der Waals surface area (Å²) in [6.07, 6.45) is 0.866. The molecule has 0 heterocycles. The molecule has 1 rings (SSSR count). The van der Waals surface area contributed by atoms with Crippen molar-refractivity contribution in [2.75, 3.05) is 0 Å². The van der Waals surface area contributed by atoms with Gasteiger partial charge in [-0.05, 0) is 34.0 Å². The Morgan fingerprint density at radius 1 is 1.33 bits per heavy atom. The van der Waals surface area contributed by atoms with E-state index in [2.05, 4.69) is 36.7 Å². The van der Waals surface area contributed by atoms with Gasteiger partial charge in [0.25, 0.3) is 0 Å². The van der Waals surface area contributed by atoms with E-state index in [9.17, 15) is 4.79 Å². The van der Waals surface area contributed by atoms with Gasteiger partial charge in [-0.3, -0.25) is 4.79 Å². The second-order valence-electron chi connectivity index (χ2n) is 3.87. The topological polar surface area (TPSA) is 17.1 Å². The maximum Gasteiger partial charge on any atom is 0.150 e. The van der Waals surface area contributed by atoms with Crippen molar-refractivity contribution >= 4 is 34.0 Å². The Bertz CT molecular complexity index is 349. The Morgan fingerprint density at radius 3 is 2.47 bits per heavy atom. The molecule has 0 aliphatic heterocycles. The molecule has 0 aliphatic rings. The third kappa shape index (κ3) is 3.65. The highest BCUT2D eigenvalue weighted by Gasteiger charge is 2.11. The Kier molecular flexibility index (Phi) is 4.87. The lowest BCUT2D eigenvalue weighted by Crippen LogP contribution is -2.05. The van der Waals surface area contributed by atoms with Gasteiger partial charge in [0.1, 0.15) is 6.29 Å². The quantitative estimate of drug-likeness (QED) is 0.603. The summed E-state index contributed by atoms with van der Waals surface area (Å²) in [7, 11) is 0. The van der Waals surface area contributed by atoms with Crippen LogP contribution in [0.25, 0.3) is 0 Å². The van der Waals surface area contributed by atoms with Crippen LogP contribution in [-0.4, -0.2) is 11.5 Å². The fraction of sp³-hybridized carbons (Fsp3) is 0.417. The van der Waals surface area contributed by atoms with E-state index in [1.807, 2.05) is 30.0 Å². The lowest BCUT2D eigenvalue weighted by Gasteiger charge is -2.15. The van der Waals surface area contributed by atoms with E-state index in [1.165, 1.54) is 4.90 Å². The van der Waals surface area contributed by atoms with Crippen molar-refractivity contribution in [2.24, 2.45) is 5.92 Å². The third-order valence-corrected chi connectivity index (χ3v) is 4.79. The average Bonchev–Trinajstić information content (AvgIpc) is 2.20. The van der Waals surface area contributed by atoms with Crippen molar-refractivity contribution in [1.29, 1.82) is 0 Å². The molecule has 1 aromatic rings. The molecule has 3 heteroatoms. The van der Waals surface area contributed by atoms with Crippen LogP contribution in [0, 0.1) is 5.92 Å². The monoisotopic (exact) mass is 286 g/mol. The molecule has 0 fully saturated rings. The highest BCUT2D eigenvalue weighted by atomic mass is 79.9. The first-order valence-electron chi connectivity index (χ1n) is 4.96. The minimum absolute atomic E-state index is 0.573. The number of carbonyl (C=O) groups is 1. The van der Waals surface area contributed by atoms with Gasteiger partial charge in [0.15, 0.2) is 0 Å². The van der Waals surface area contributed by atoms with E-state index >= 15 is 0 Å². The first kappa shape index (κ1) is 12.8. The van der Waals surface area contributed by atoms with Crippen molar-refractivity contribution in [3.63, 3.8) is 0 Å². The molecule has 0 N–H and O–H groups in total. The first-order chi connectivity index (χ1) is 7.04. The van der Waals surface area contributed by atoms with Gasteiger partial charge in [-0.15, -0.1) is 11.8 Å². The van der Waals surface area contributed by atoms with E-state index < -0.39 is 0 Å². The third-order valence-electron chi connectivity index (χ3n) is 2.34. The highest BCUT2D eigenvalue weighted by molar-refractivity contribution is 9.10. The van der Waals surface area contributed by atoms with E-state index in [4.69, 9.17) is 0 Å². The van der Waals surface area contributed by atoms with E-state index in [1.54, 1.807) is 0 Å². The van der Waals surface area contributed by atoms with Crippen molar-refractivity contribution in [3.05, 3.63) is 28.2 Å². The van der Waals surface area contributed by atoms with Crippen molar-refractivity contribution < 1.29 is 4.79 Å². The maximum absolute atomic E-state index is 10.6. The van der Waals surface area contributed by atoms with E-state index in [-0.39, 0.29) is 0 Å². The first-order valence-corrected chi connectivity index (χ1v) is 6.63. The van der Waals surface area contributed by atoms with E-state index in [0.717, 1.165) is 10.8 Å². The molecule has 0 radical (unpaired) electrons. The van der Waals surface area contributed by atoms with Gasteiger partial charge in [0.2, 0.25) is 0 Å². The molecule has 15 heavy (non-hydrogen) atoms. The summed E-state index contributed by atoms with van der Waals surface area (Å²) in [5.41, 5.74) is 0.712.